The Morgan fingerprint density at radius 3 is 2.59 bits per heavy atom. The van der Waals surface area contributed by atoms with Gasteiger partial charge in [0.15, 0.2) is 0 Å². The van der Waals surface area contributed by atoms with Gasteiger partial charge in [-0.25, -0.2) is 14.4 Å². The van der Waals surface area contributed by atoms with Crippen molar-refractivity contribution in [2.24, 2.45) is 5.41 Å². The SMILES string of the molecule is OC[C@@]1(Cc2ccc(F)cc2)CCCN(c2ncccn2)C1. The van der Waals surface area contributed by atoms with Gasteiger partial charge in [0, 0.05) is 30.9 Å². The van der Waals surface area contributed by atoms with Crippen molar-refractivity contribution in [1.82, 2.24) is 9.97 Å². The van der Waals surface area contributed by atoms with Gasteiger partial charge in [-0.05, 0) is 43.0 Å². The van der Waals surface area contributed by atoms with E-state index in [1.54, 1.807) is 30.6 Å². The molecule has 0 aliphatic carbocycles. The molecular weight excluding hydrogens is 281 g/mol. The Labute approximate surface area is 129 Å². The number of benzene rings is 1. The fraction of sp³-hybridized carbons (Fsp3) is 0.412. The molecule has 2 aromatic rings. The summed E-state index contributed by atoms with van der Waals surface area (Å²) in [6.07, 6.45) is 6.13. The van der Waals surface area contributed by atoms with Crippen LogP contribution in [0.3, 0.4) is 0 Å². The van der Waals surface area contributed by atoms with Gasteiger partial charge < -0.3 is 10.0 Å². The molecule has 0 spiro atoms. The molecule has 0 amide bonds. The van der Waals surface area contributed by atoms with Crippen LogP contribution in [0.5, 0.6) is 0 Å². The Balaban J connectivity index is 1.78. The molecule has 0 radical (unpaired) electrons. The summed E-state index contributed by atoms with van der Waals surface area (Å²) in [5.74, 6) is 0.476. The number of nitrogens with zero attached hydrogens (tertiary/aromatic N) is 3. The molecular formula is C17H20FN3O. The second-order valence-corrected chi connectivity index (χ2v) is 6.04. The normalized spacial score (nSPS) is 21.8. The molecule has 1 saturated heterocycles. The van der Waals surface area contributed by atoms with Crippen molar-refractivity contribution in [2.45, 2.75) is 19.3 Å². The van der Waals surface area contributed by atoms with Crippen molar-refractivity contribution in [3.05, 3.63) is 54.1 Å². The fourth-order valence-electron chi connectivity index (χ4n) is 3.20. The van der Waals surface area contributed by atoms with E-state index in [-0.39, 0.29) is 17.8 Å². The molecule has 0 bridgehead atoms. The molecule has 116 valence electrons. The predicted molar refractivity (Wildman–Crippen MR) is 83.1 cm³/mol. The average Bonchev–Trinajstić information content (AvgIpc) is 2.58. The van der Waals surface area contributed by atoms with Crippen LogP contribution in [0.15, 0.2) is 42.7 Å². The van der Waals surface area contributed by atoms with E-state index >= 15 is 0 Å². The highest BCUT2D eigenvalue weighted by Gasteiger charge is 2.36. The minimum absolute atomic E-state index is 0.105. The van der Waals surface area contributed by atoms with Gasteiger partial charge in [0.25, 0.3) is 0 Å². The van der Waals surface area contributed by atoms with Gasteiger partial charge in [0.1, 0.15) is 5.82 Å². The highest BCUT2D eigenvalue weighted by Crippen LogP contribution is 2.34. The molecule has 1 aromatic heterocycles. The molecule has 1 aliphatic rings. The molecule has 1 fully saturated rings. The molecule has 3 rings (SSSR count). The van der Waals surface area contributed by atoms with E-state index in [1.165, 1.54) is 12.1 Å². The molecule has 22 heavy (non-hydrogen) atoms. The molecule has 1 N–H and O–H groups in total. The second kappa shape index (κ2) is 6.40. The summed E-state index contributed by atoms with van der Waals surface area (Å²) in [4.78, 5) is 10.7. The lowest BCUT2D eigenvalue weighted by Crippen LogP contribution is -2.47. The van der Waals surface area contributed by atoms with Gasteiger partial charge in [0.05, 0.1) is 6.61 Å². The topological polar surface area (TPSA) is 49.2 Å². The predicted octanol–water partition coefficient (Wildman–Crippen LogP) is 2.44. The Hall–Kier alpha value is -2.01. The Morgan fingerprint density at radius 2 is 1.91 bits per heavy atom. The van der Waals surface area contributed by atoms with Gasteiger partial charge in [-0.15, -0.1) is 0 Å². The largest absolute Gasteiger partial charge is 0.396 e. The van der Waals surface area contributed by atoms with Crippen LogP contribution in [-0.4, -0.2) is 34.8 Å². The molecule has 0 saturated carbocycles. The lowest BCUT2D eigenvalue weighted by molar-refractivity contribution is 0.105. The summed E-state index contributed by atoms with van der Waals surface area (Å²) < 4.78 is 13.1. The van der Waals surface area contributed by atoms with Crippen molar-refractivity contribution in [2.75, 3.05) is 24.6 Å². The number of aliphatic hydroxyl groups is 1. The monoisotopic (exact) mass is 301 g/mol. The van der Waals surface area contributed by atoms with Crippen molar-refractivity contribution in [3.63, 3.8) is 0 Å². The van der Waals surface area contributed by atoms with Crippen LogP contribution in [0.4, 0.5) is 10.3 Å². The van der Waals surface area contributed by atoms with Gasteiger partial charge in [-0.3, -0.25) is 0 Å². The summed E-state index contributed by atoms with van der Waals surface area (Å²) in [7, 11) is 0. The van der Waals surface area contributed by atoms with E-state index in [1.807, 2.05) is 0 Å². The first-order chi connectivity index (χ1) is 10.7. The maximum Gasteiger partial charge on any atom is 0.225 e. The van der Waals surface area contributed by atoms with Gasteiger partial charge in [-0.2, -0.15) is 0 Å². The fourth-order valence-corrected chi connectivity index (χ4v) is 3.20. The van der Waals surface area contributed by atoms with Crippen molar-refractivity contribution in [1.29, 1.82) is 0 Å². The third-order valence-electron chi connectivity index (χ3n) is 4.32. The molecule has 1 aliphatic heterocycles. The van der Waals surface area contributed by atoms with Crippen LogP contribution in [0, 0.1) is 11.2 Å². The maximum absolute atomic E-state index is 13.1. The number of hydrogen-bond donors (Lipinski definition) is 1. The number of aromatic nitrogens is 2. The summed E-state index contributed by atoms with van der Waals surface area (Å²) in [5.41, 5.74) is 0.821. The van der Waals surface area contributed by atoms with Crippen molar-refractivity contribution < 1.29 is 9.50 Å². The summed E-state index contributed by atoms with van der Waals surface area (Å²) >= 11 is 0. The summed E-state index contributed by atoms with van der Waals surface area (Å²) in [5, 5.41) is 9.98. The lowest BCUT2D eigenvalue weighted by atomic mass is 9.76. The van der Waals surface area contributed by atoms with E-state index in [4.69, 9.17) is 0 Å². The van der Waals surface area contributed by atoms with Crippen LogP contribution in [0.25, 0.3) is 0 Å². The smallest absolute Gasteiger partial charge is 0.225 e. The van der Waals surface area contributed by atoms with Crippen molar-refractivity contribution in [3.8, 4) is 0 Å². The minimum Gasteiger partial charge on any atom is -0.396 e. The Bertz CT molecular complexity index is 605. The van der Waals surface area contributed by atoms with E-state index in [0.717, 1.165) is 31.4 Å². The first-order valence-electron chi connectivity index (χ1n) is 7.58. The molecule has 4 nitrogen and oxygen atoms in total. The zero-order valence-corrected chi connectivity index (χ0v) is 12.5. The Kier molecular flexibility index (Phi) is 4.34. The molecule has 5 heteroatoms. The summed E-state index contributed by atoms with van der Waals surface area (Å²) in [6.45, 7) is 1.72. The zero-order chi connectivity index (χ0) is 15.4. The summed E-state index contributed by atoms with van der Waals surface area (Å²) in [6, 6.07) is 8.34. The molecule has 1 atom stereocenters. The quantitative estimate of drug-likeness (QED) is 0.942. The number of aliphatic hydroxyl groups excluding tert-OH is 1. The van der Waals surface area contributed by atoms with Crippen molar-refractivity contribution >= 4 is 5.95 Å². The highest BCUT2D eigenvalue weighted by atomic mass is 19.1. The third kappa shape index (κ3) is 3.25. The maximum atomic E-state index is 13.1. The number of piperidine rings is 1. The molecule has 1 aromatic carbocycles. The minimum atomic E-state index is -0.232. The molecule has 2 heterocycles. The molecule has 0 unspecified atom stereocenters. The van der Waals surface area contributed by atoms with Crippen LogP contribution < -0.4 is 4.90 Å². The standard InChI is InChI=1S/C17H20FN3O/c18-15-5-3-14(4-6-15)11-17(13-22)7-1-10-21(12-17)16-19-8-2-9-20-16/h2-6,8-9,22H,1,7,10-13H2/t17-/m1/s1. The van der Waals surface area contributed by atoms with E-state index < -0.39 is 0 Å². The van der Waals surface area contributed by atoms with Gasteiger partial charge in [0.2, 0.25) is 5.95 Å². The van der Waals surface area contributed by atoms with Crippen LogP contribution in [0.2, 0.25) is 0 Å². The first kappa shape index (κ1) is 14.9. The number of halogens is 1. The Morgan fingerprint density at radius 1 is 1.18 bits per heavy atom. The first-order valence-corrected chi connectivity index (χ1v) is 7.58. The zero-order valence-electron chi connectivity index (χ0n) is 12.5. The third-order valence-corrected chi connectivity index (χ3v) is 4.32. The van der Waals surface area contributed by atoms with Gasteiger partial charge >= 0.3 is 0 Å². The lowest BCUT2D eigenvalue weighted by Gasteiger charge is -2.42. The second-order valence-electron chi connectivity index (χ2n) is 6.04. The number of rotatable bonds is 4. The average molecular weight is 301 g/mol. The number of hydrogen-bond acceptors (Lipinski definition) is 4. The van der Waals surface area contributed by atoms with Gasteiger partial charge in [-0.1, -0.05) is 12.1 Å². The van der Waals surface area contributed by atoms with Crippen LogP contribution >= 0.6 is 0 Å². The van der Waals surface area contributed by atoms with E-state index in [2.05, 4.69) is 14.9 Å². The van der Waals surface area contributed by atoms with Crippen LogP contribution in [-0.2, 0) is 6.42 Å². The van der Waals surface area contributed by atoms with E-state index in [9.17, 15) is 9.50 Å². The van der Waals surface area contributed by atoms with Crippen LogP contribution in [0.1, 0.15) is 18.4 Å². The number of anilines is 1. The van der Waals surface area contributed by atoms with E-state index in [0.29, 0.717) is 12.5 Å². The highest BCUT2D eigenvalue weighted by molar-refractivity contribution is 5.31.